The molecule has 3 aromatic rings. The molecule has 112 valence electrons. The average molecular weight is 297 g/mol. The van der Waals surface area contributed by atoms with Gasteiger partial charge in [0.25, 0.3) is 0 Å². The molecule has 0 bridgehead atoms. The van der Waals surface area contributed by atoms with E-state index in [0.29, 0.717) is 12.2 Å². The molecule has 0 aliphatic carbocycles. The van der Waals surface area contributed by atoms with Gasteiger partial charge in [0.15, 0.2) is 5.65 Å². The van der Waals surface area contributed by atoms with Gasteiger partial charge in [-0.2, -0.15) is 0 Å². The summed E-state index contributed by atoms with van der Waals surface area (Å²) >= 11 is 0. The van der Waals surface area contributed by atoms with Gasteiger partial charge < -0.3 is 15.0 Å². The van der Waals surface area contributed by atoms with Crippen LogP contribution in [0.25, 0.3) is 21.9 Å². The van der Waals surface area contributed by atoms with Crippen LogP contribution in [-0.2, 0) is 4.79 Å². The number of pyridine rings is 1. The molecule has 1 aliphatic heterocycles. The van der Waals surface area contributed by atoms with Crippen molar-refractivity contribution in [2.45, 2.75) is 12.8 Å². The highest BCUT2D eigenvalue weighted by Crippen LogP contribution is 2.31. The molecule has 22 heavy (non-hydrogen) atoms. The lowest BCUT2D eigenvalue weighted by Crippen LogP contribution is -2.39. The Hall–Kier alpha value is -2.70. The van der Waals surface area contributed by atoms with Crippen molar-refractivity contribution in [1.29, 1.82) is 0 Å². The molecule has 1 fully saturated rings. The number of rotatable bonds is 2. The Morgan fingerprint density at radius 3 is 3.14 bits per heavy atom. The van der Waals surface area contributed by atoms with Crippen molar-refractivity contribution in [2.75, 3.05) is 18.0 Å². The summed E-state index contributed by atoms with van der Waals surface area (Å²) < 4.78 is 0. The van der Waals surface area contributed by atoms with Gasteiger partial charge in [0.2, 0.25) is 0 Å². The molecule has 1 aliphatic rings. The lowest BCUT2D eigenvalue weighted by Gasteiger charge is -2.32. The Bertz CT molecular complexity index is 859. The Morgan fingerprint density at radius 2 is 2.27 bits per heavy atom. The molecule has 7 heteroatoms. The zero-order valence-electron chi connectivity index (χ0n) is 11.9. The maximum atomic E-state index is 11.3. The van der Waals surface area contributed by atoms with Crippen LogP contribution < -0.4 is 4.90 Å². The second-order valence-corrected chi connectivity index (χ2v) is 5.58. The van der Waals surface area contributed by atoms with Gasteiger partial charge in [-0.05, 0) is 18.9 Å². The van der Waals surface area contributed by atoms with E-state index in [-0.39, 0.29) is 5.92 Å². The molecule has 2 N–H and O–H groups in total. The third-order valence-corrected chi connectivity index (χ3v) is 4.23. The highest BCUT2D eigenvalue weighted by Gasteiger charge is 2.27. The number of hydrogen-bond donors (Lipinski definition) is 2. The molecule has 1 unspecified atom stereocenters. The fourth-order valence-electron chi connectivity index (χ4n) is 3.15. The van der Waals surface area contributed by atoms with Crippen LogP contribution in [0.4, 0.5) is 5.82 Å². The lowest BCUT2D eigenvalue weighted by molar-refractivity contribution is -0.141. The topological polar surface area (TPSA) is 95.0 Å². The molecule has 1 atom stereocenters. The van der Waals surface area contributed by atoms with Gasteiger partial charge in [-0.3, -0.25) is 4.79 Å². The number of hydrogen-bond acceptors (Lipinski definition) is 5. The number of piperidine rings is 1. The number of H-pyrrole nitrogens is 1. The predicted octanol–water partition coefficient (Wildman–Crippen LogP) is 1.81. The Balaban J connectivity index is 1.87. The Labute approximate surface area is 126 Å². The first-order chi connectivity index (χ1) is 10.7. The maximum Gasteiger partial charge on any atom is 0.308 e. The fourth-order valence-corrected chi connectivity index (χ4v) is 3.15. The van der Waals surface area contributed by atoms with Crippen LogP contribution in [0, 0.1) is 5.92 Å². The molecule has 0 aromatic carbocycles. The van der Waals surface area contributed by atoms with Crippen molar-refractivity contribution in [3.8, 4) is 0 Å². The highest BCUT2D eigenvalue weighted by atomic mass is 16.4. The summed E-state index contributed by atoms with van der Waals surface area (Å²) in [5, 5.41) is 11.2. The Morgan fingerprint density at radius 1 is 1.36 bits per heavy atom. The Kier molecular flexibility index (Phi) is 2.92. The van der Waals surface area contributed by atoms with Gasteiger partial charge in [-0.15, -0.1) is 0 Å². The molecule has 4 rings (SSSR count). The standard InChI is InChI=1S/C15H15N5O2/c21-15(22)9-2-1-5-20(7-9)14-12-10-3-4-16-13(10)17-6-11(12)18-8-19-14/h3-4,6,8-9H,1-2,5,7H2,(H,18,19)(H,21,22). The van der Waals surface area contributed by atoms with E-state index in [1.54, 1.807) is 18.7 Å². The van der Waals surface area contributed by atoms with E-state index in [1.807, 2.05) is 6.07 Å². The second-order valence-electron chi connectivity index (χ2n) is 5.58. The van der Waals surface area contributed by atoms with Gasteiger partial charge in [-0.25, -0.2) is 15.0 Å². The van der Waals surface area contributed by atoms with E-state index in [1.165, 1.54) is 0 Å². The van der Waals surface area contributed by atoms with Gasteiger partial charge in [0.1, 0.15) is 5.82 Å². The minimum atomic E-state index is -0.738. The number of fused-ring (bicyclic) bond motifs is 3. The number of anilines is 1. The summed E-state index contributed by atoms with van der Waals surface area (Å²) in [4.78, 5) is 29.5. The number of aromatic amines is 1. The number of carbonyl (C=O) groups is 1. The molecule has 3 aromatic heterocycles. The van der Waals surface area contributed by atoms with Crippen molar-refractivity contribution >= 4 is 33.7 Å². The molecule has 0 radical (unpaired) electrons. The van der Waals surface area contributed by atoms with Gasteiger partial charge in [0, 0.05) is 24.7 Å². The zero-order chi connectivity index (χ0) is 15.1. The van der Waals surface area contributed by atoms with E-state index in [2.05, 4.69) is 24.8 Å². The molecular formula is C15H15N5O2. The summed E-state index contributed by atoms with van der Waals surface area (Å²) in [6, 6.07) is 1.92. The normalized spacial score (nSPS) is 18.9. The fraction of sp³-hybridized carbons (Fsp3) is 0.333. The number of nitrogens with one attached hydrogen (secondary N) is 1. The van der Waals surface area contributed by atoms with Crippen molar-refractivity contribution < 1.29 is 9.90 Å². The number of nitrogens with zero attached hydrogens (tertiary/aromatic N) is 4. The average Bonchev–Trinajstić information content (AvgIpc) is 3.03. The summed E-state index contributed by atoms with van der Waals surface area (Å²) in [7, 11) is 0. The van der Waals surface area contributed by atoms with Crippen molar-refractivity contribution in [2.24, 2.45) is 5.92 Å². The SMILES string of the molecule is O=C(O)C1CCCN(c2nc[nH]c3cnc4nccc4c23)C1. The van der Waals surface area contributed by atoms with Crippen LogP contribution in [0.3, 0.4) is 0 Å². The van der Waals surface area contributed by atoms with Crippen molar-refractivity contribution in [3.05, 3.63) is 24.8 Å². The first-order valence-corrected chi connectivity index (χ1v) is 7.28. The quantitative estimate of drug-likeness (QED) is 0.749. The van der Waals surface area contributed by atoms with E-state index in [9.17, 15) is 9.90 Å². The van der Waals surface area contributed by atoms with Crippen LogP contribution in [0.5, 0.6) is 0 Å². The number of aliphatic carboxylic acids is 1. The van der Waals surface area contributed by atoms with E-state index in [0.717, 1.165) is 41.5 Å². The van der Waals surface area contributed by atoms with E-state index in [4.69, 9.17) is 0 Å². The molecule has 7 nitrogen and oxygen atoms in total. The maximum absolute atomic E-state index is 11.3. The van der Waals surface area contributed by atoms with Gasteiger partial charge in [0.05, 0.1) is 29.3 Å². The molecule has 0 spiro atoms. The third kappa shape index (κ3) is 1.97. The van der Waals surface area contributed by atoms with Crippen LogP contribution >= 0.6 is 0 Å². The van der Waals surface area contributed by atoms with Crippen LogP contribution in [0.1, 0.15) is 12.8 Å². The van der Waals surface area contributed by atoms with Crippen LogP contribution in [0.2, 0.25) is 0 Å². The minimum Gasteiger partial charge on any atom is -0.481 e. The monoisotopic (exact) mass is 297 g/mol. The first-order valence-electron chi connectivity index (χ1n) is 7.28. The zero-order valence-corrected chi connectivity index (χ0v) is 11.9. The largest absolute Gasteiger partial charge is 0.481 e. The highest BCUT2D eigenvalue weighted by molar-refractivity contribution is 6.08. The number of carboxylic acid groups (broad SMARTS) is 1. The minimum absolute atomic E-state index is 0.343. The summed E-state index contributed by atoms with van der Waals surface area (Å²) in [5.41, 5.74) is 1.56. The summed E-state index contributed by atoms with van der Waals surface area (Å²) in [6.45, 7) is 1.30. The van der Waals surface area contributed by atoms with E-state index >= 15 is 0 Å². The smallest absolute Gasteiger partial charge is 0.308 e. The van der Waals surface area contributed by atoms with Gasteiger partial charge >= 0.3 is 5.97 Å². The van der Waals surface area contributed by atoms with E-state index < -0.39 is 5.97 Å². The summed E-state index contributed by atoms with van der Waals surface area (Å²) in [6.07, 6.45) is 6.68. The number of aromatic nitrogens is 4. The number of carboxylic acids is 1. The third-order valence-electron chi connectivity index (χ3n) is 4.23. The van der Waals surface area contributed by atoms with Gasteiger partial charge in [-0.1, -0.05) is 0 Å². The van der Waals surface area contributed by atoms with Crippen molar-refractivity contribution in [1.82, 2.24) is 19.9 Å². The van der Waals surface area contributed by atoms with Crippen LogP contribution in [0.15, 0.2) is 24.8 Å². The lowest BCUT2D eigenvalue weighted by atomic mass is 9.98. The first kappa shape index (κ1) is 13.0. The molecule has 0 saturated carbocycles. The molecule has 1 saturated heterocycles. The molecular weight excluding hydrogens is 282 g/mol. The second kappa shape index (κ2) is 4.94. The molecule has 0 amide bonds. The van der Waals surface area contributed by atoms with Crippen molar-refractivity contribution in [3.63, 3.8) is 0 Å². The van der Waals surface area contributed by atoms with Crippen LogP contribution in [-0.4, -0.2) is 44.1 Å². The summed E-state index contributed by atoms with van der Waals surface area (Å²) in [5.74, 6) is -0.275. The molecule has 4 heterocycles. The predicted molar refractivity (Wildman–Crippen MR) is 81.8 cm³/mol.